The molecule has 0 aliphatic rings. The van der Waals surface area contributed by atoms with Gasteiger partial charge < -0.3 is 4.89 Å². The summed E-state index contributed by atoms with van der Waals surface area (Å²) in [6.07, 6.45) is 0.593. The van der Waals surface area contributed by atoms with Crippen LogP contribution in [-0.2, 0) is 20.8 Å². The van der Waals surface area contributed by atoms with Gasteiger partial charge in [0.05, 0.1) is 21.6 Å². The van der Waals surface area contributed by atoms with Gasteiger partial charge in [-0.2, -0.15) is 0 Å². The van der Waals surface area contributed by atoms with Crippen LogP contribution in [0.25, 0.3) is 33.1 Å². The van der Waals surface area contributed by atoms with Crippen molar-refractivity contribution in [1.82, 2.24) is 7.94 Å². The summed E-state index contributed by atoms with van der Waals surface area (Å²) in [6.45, 7) is 0. The Hall–Kier alpha value is -4.76. The molecule has 7 aromatic rings. The van der Waals surface area contributed by atoms with Gasteiger partial charge in [0.15, 0.2) is 18.0 Å². The number of benzene rings is 5. The average molecular weight is 603 g/mol. The minimum absolute atomic E-state index is 0.244. The number of fused-ring (bicyclic) bond motifs is 2. The molecule has 0 spiro atoms. The lowest BCUT2D eigenvalue weighted by Crippen LogP contribution is -2.14. The van der Waals surface area contributed by atoms with Crippen molar-refractivity contribution in [2.75, 3.05) is 0 Å². The zero-order chi connectivity index (χ0) is 29.2. The first-order valence-electron chi connectivity index (χ1n) is 13.7. The fraction of sp³-hybridized carbons (Fsp3) is 0.0286. The van der Waals surface area contributed by atoms with E-state index in [4.69, 9.17) is 9.22 Å². The average Bonchev–Trinajstić information content (AvgIpc) is 3.61. The summed E-state index contributed by atoms with van der Waals surface area (Å²) >= 11 is 1.12. The van der Waals surface area contributed by atoms with Gasteiger partial charge in [-0.15, -0.1) is 0 Å². The minimum atomic E-state index is -3.85. The SMILES string of the molecule is O=S(=O)(c1ccccc1)n1c(-c2cccc(Cc3cc4ccccc4n3SOOc3ccccc3)c2)cc2ccccc21. The van der Waals surface area contributed by atoms with Gasteiger partial charge in [0.1, 0.15) is 0 Å². The van der Waals surface area contributed by atoms with Crippen LogP contribution in [0.3, 0.4) is 0 Å². The van der Waals surface area contributed by atoms with E-state index in [-0.39, 0.29) is 4.90 Å². The topological polar surface area (TPSA) is 62.5 Å². The van der Waals surface area contributed by atoms with Gasteiger partial charge in [0.2, 0.25) is 0 Å². The number of hydrogen-bond donors (Lipinski definition) is 0. The molecule has 0 amide bonds. The molecule has 0 saturated carbocycles. The molecule has 0 aliphatic heterocycles. The van der Waals surface area contributed by atoms with Crippen LogP contribution in [0.4, 0.5) is 0 Å². The molecule has 7 rings (SSSR count). The van der Waals surface area contributed by atoms with Crippen molar-refractivity contribution in [3.63, 3.8) is 0 Å². The lowest BCUT2D eigenvalue weighted by atomic mass is 10.0. The fourth-order valence-electron chi connectivity index (χ4n) is 5.30. The first-order chi connectivity index (χ1) is 21.1. The monoisotopic (exact) mass is 602 g/mol. The van der Waals surface area contributed by atoms with Crippen LogP contribution in [0.2, 0.25) is 0 Å². The molecule has 0 fully saturated rings. The van der Waals surface area contributed by atoms with Gasteiger partial charge >= 0.3 is 0 Å². The van der Waals surface area contributed by atoms with Crippen LogP contribution in [0.15, 0.2) is 150 Å². The number of rotatable bonds is 9. The van der Waals surface area contributed by atoms with E-state index in [1.165, 1.54) is 3.97 Å². The van der Waals surface area contributed by atoms with Gasteiger partial charge in [-0.25, -0.2) is 12.4 Å². The summed E-state index contributed by atoms with van der Waals surface area (Å²) in [5, 5.41) is 1.94. The second kappa shape index (κ2) is 11.5. The van der Waals surface area contributed by atoms with Crippen LogP contribution < -0.4 is 4.89 Å². The number of hydrogen-bond acceptors (Lipinski definition) is 5. The van der Waals surface area contributed by atoms with Gasteiger partial charge in [0.25, 0.3) is 10.0 Å². The van der Waals surface area contributed by atoms with E-state index in [2.05, 4.69) is 24.3 Å². The smallest absolute Gasteiger partial charge is 0.268 e. The van der Waals surface area contributed by atoms with Gasteiger partial charge in [0, 0.05) is 22.9 Å². The predicted molar refractivity (Wildman–Crippen MR) is 172 cm³/mol. The van der Waals surface area contributed by atoms with Crippen LogP contribution in [0.5, 0.6) is 5.75 Å². The standard InChI is InChI=1S/C35H26N2O4S2/c38-43(39,32-18-5-2-6-19-32)37-34-21-10-8-14-29(34)25-35(37)27-15-11-12-26(22-27)23-30-24-28-13-7-9-20-33(28)36(30)42-41-40-31-16-3-1-4-17-31/h1-22,24-25H,23H2. The van der Waals surface area contributed by atoms with E-state index in [0.717, 1.165) is 45.3 Å². The normalized spacial score (nSPS) is 11.7. The summed E-state index contributed by atoms with van der Waals surface area (Å²) in [7, 11) is -3.85. The molecule has 43 heavy (non-hydrogen) atoms. The third-order valence-corrected chi connectivity index (χ3v) is 9.72. The van der Waals surface area contributed by atoms with Crippen molar-refractivity contribution < 1.29 is 17.6 Å². The molecule has 5 aromatic carbocycles. The van der Waals surface area contributed by atoms with E-state index in [9.17, 15) is 8.42 Å². The Bertz CT molecular complexity index is 2160. The summed E-state index contributed by atoms with van der Waals surface area (Å²) in [6, 6.07) is 45.7. The zero-order valence-corrected chi connectivity index (χ0v) is 24.5. The summed E-state index contributed by atoms with van der Waals surface area (Å²) in [5.41, 5.74) is 5.11. The van der Waals surface area contributed by atoms with E-state index in [0.29, 0.717) is 23.4 Å². The maximum absolute atomic E-state index is 14.0. The van der Waals surface area contributed by atoms with Gasteiger partial charge in [-0.05, 0) is 65.7 Å². The Balaban J connectivity index is 1.26. The number of aromatic nitrogens is 2. The Morgan fingerprint density at radius 1 is 0.628 bits per heavy atom. The lowest BCUT2D eigenvalue weighted by Gasteiger charge is -2.13. The van der Waals surface area contributed by atoms with Gasteiger partial charge in [-0.1, -0.05) is 95.3 Å². The van der Waals surface area contributed by atoms with Crippen molar-refractivity contribution in [3.05, 3.63) is 157 Å². The molecule has 0 atom stereocenters. The highest BCUT2D eigenvalue weighted by Crippen LogP contribution is 2.34. The Morgan fingerprint density at radius 3 is 2.05 bits per heavy atom. The molecule has 6 nitrogen and oxygen atoms in total. The predicted octanol–water partition coefficient (Wildman–Crippen LogP) is 8.51. The third kappa shape index (κ3) is 5.32. The summed E-state index contributed by atoms with van der Waals surface area (Å²) in [4.78, 5) is 5.75. The molecule has 0 unspecified atom stereocenters. The lowest BCUT2D eigenvalue weighted by molar-refractivity contribution is -0.0786. The summed E-state index contributed by atoms with van der Waals surface area (Å²) < 4.78 is 37.0. The number of para-hydroxylation sites is 3. The first kappa shape index (κ1) is 27.1. The van der Waals surface area contributed by atoms with Crippen molar-refractivity contribution in [1.29, 1.82) is 0 Å². The molecule has 0 aliphatic carbocycles. The van der Waals surface area contributed by atoms with E-state index < -0.39 is 10.0 Å². The Morgan fingerprint density at radius 2 is 1.28 bits per heavy atom. The first-order valence-corrected chi connectivity index (χ1v) is 15.9. The molecule has 0 bridgehead atoms. The Kier molecular flexibility index (Phi) is 7.24. The second-order valence-corrected chi connectivity index (χ2v) is 12.5. The van der Waals surface area contributed by atoms with Gasteiger partial charge in [-0.3, -0.25) is 3.97 Å². The molecule has 212 valence electrons. The van der Waals surface area contributed by atoms with E-state index in [1.54, 1.807) is 24.3 Å². The molecular formula is C35H26N2O4S2. The van der Waals surface area contributed by atoms with Crippen LogP contribution in [0.1, 0.15) is 11.3 Å². The van der Waals surface area contributed by atoms with Crippen LogP contribution in [0, 0.1) is 0 Å². The molecule has 2 heterocycles. The fourth-order valence-corrected chi connectivity index (χ4v) is 7.48. The zero-order valence-electron chi connectivity index (χ0n) is 22.9. The highest BCUT2D eigenvalue weighted by molar-refractivity contribution is 7.93. The minimum Gasteiger partial charge on any atom is -0.324 e. The number of nitrogens with zero attached hydrogens (tertiary/aromatic N) is 2. The molecule has 0 N–H and O–H groups in total. The van der Waals surface area contributed by atoms with Crippen LogP contribution >= 0.6 is 12.2 Å². The quantitative estimate of drug-likeness (QED) is 0.0942. The van der Waals surface area contributed by atoms with Crippen molar-refractivity contribution in [2.24, 2.45) is 0 Å². The third-order valence-electron chi connectivity index (χ3n) is 7.27. The second-order valence-electron chi connectivity index (χ2n) is 10.1. The molecule has 2 aromatic heterocycles. The maximum Gasteiger partial charge on any atom is 0.268 e. The highest BCUT2D eigenvalue weighted by Gasteiger charge is 2.24. The highest BCUT2D eigenvalue weighted by atomic mass is 32.2. The van der Waals surface area contributed by atoms with Crippen molar-refractivity contribution in [3.8, 4) is 17.0 Å². The largest absolute Gasteiger partial charge is 0.324 e. The van der Waals surface area contributed by atoms with E-state index >= 15 is 0 Å². The molecule has 0 saturated heterocycles. The van der Waals surface area contributed by atoms with Crippen molar-refractivity contribution >= 4 is 44.1 Å². The van der Waals surface area contributed by atoms with Crippen LogP contribution in [-0.4, -0.2) is 16.4 Å². The molecule has 0 radical (unpaired) electrons. The van der Waals surface area contributed by atoms with E-state index in [1.807, 2.05) is 101 Å². The summed E-state index contributed by atoms with van der Waals surface area (Å²) in [5.74, 6) is 0.613. The molecular weight excluding hydrogens is 577 g/mol. The van der Waals surface area contributed by atoms with Crippen molar-refractivity contribution in [2.45, 2.75) is 11.3 Å². The Labute approximate surface area is 254 Å². The maximum atomic E-state index is 14.0. The molecule has 8 heteroatoms.